The van der Waals surface area contributed by atoms with Gasteiger partial charge in [0.2, 0.25) is 5.91 Å². The minimum absolute atomic E-state index is 0.0519. The highest BCUT2D eigenvalue weighted by molar-refractivity contribution is 5.97. The average molecular weight is 340 g/mol. The highest BCUT2D eigenvalue weighted by Gasteiger charge is 2.27. The van der Waals surface area contributed by atoms with Gasteiger partial charge in [-0.1, -0.05) is 0 Å². The Morgan fingerprint density at radius 1 is 1.29 bits per heavy atom. The van der Waals surface area contributed by atoms with Gasteiger partial charge in [0.25, 0.3) is 5.91 Å². The fourth-order valence-corrected chi connectivity index (χ4v) is 2.29. The van der Waals surface area contributed by atoms with E-state index in [1.807, 2.05) is 0 Å². The molecule has 24 heavy (non-hydrogen) atoms. The van der Waals surface area contributed by atoms with Crippen LogP contribution in [0, 0.1) is 5.82 Å². The van der Waals surface area contributed by atoms with Gasteiger partial charge in [0.15, 0.2) is 0 Å². The van der Waals surface area contributed by atoms with E-state index in [4.69, 9.17) is 14.6 Å². The Hall–Kier alpha value is -2.03. The van der Waals surface area contributed by atoms with Gasteiger partial charge in [0, 0.05) is 18.7 Å². The second kappa shape index (κ2) is 9.31. The zero-order valence-corrected chi connectivity index (χ0v) is 13.2. The lowest BCUT2D eigenvalue weighted by atomic mass is 10.1. The lowest BCUT2D eigenvalue weighted by molar-refractivity contribution is -0.139. The van der Waals surface area contributed by atoms with Crippen LogP contribution in [0.2, 0.25) is 0 Å². The molecule has 1 heterocycles. The van der Waals surface area contributed by atoms with Crippen molar-refractivity contribution in [3.8, 4) is 0 Å². The number of morpholine rings is 1. The quantitative estimate of drug-likeness (QED) is 0.671. The zero-order chi connectivity index (χ0) is 17.4. The molecule has 0 saturated carbocycles. The third-order valence-electron chi connectivity index (χ3n) is 3.55. The van der Waals surface area contributed by atoms with E-state index in [1.54, 1.807) is 4.90 Å². The number of carbonyl (C=O) groups is 2. The summed E-state index contributed by atoms with van der Waals surface area (Å²) in [4.78, 5) is 26.4. The number of nitrogens with one attached hydrogen (secondary N) is 1. The van der Waals surface area contributed by atoms with Gasteiger partial charge in [-0.15, -0.1) is 0 Å². The molecule has 1 aromatic rings. The molecule has 1 atom stereocenters. The maximum absolute atomic E-state index is 12.9. The Balaban J connectivity index is 2.02. The summed E-state index contributed by atoms with van der Waals surface area (Å²) in [5, 5.41) is 11.4. The predicted molar refractivity (Wildman–Crippen MR) is 83.0 cm³/mol. The van der Waals surface area contributed by atoms with E-state index in [1.165, 1.54) is 24.3 Å². The first-order chi connectivity index (χ1) is 11.6. The highest BCUT2D eigenvalue weighted by Crippen LogP contribution is 2.06. The van der Waals surface area contributed by atoms with Crippen molar-refractivity contribution in [1.82, 2.24) is 10.2 Å². The fraction of sp³-hybridized carbons (Fsp3) is 0.500. The molecule has 1 aliphatic rings. The van der Waals surface area contributed by atoms with E-state index in [0.29, 0.717) is 26.3 Å². The van der Waals surface area contributed by atoms with Crippen molar-refractivity contribution in [3.63, 3.8) is 0 Å². The Kier molecular flexibility index (Phi) is 7.10. The number of carbonyl (C=O) groups excluding carboxylic acids is 2. The number of aliphatic hydroxyl groups excluding tert-OH is 1. The number of aliphatic hydroxyl groups is 1. The number of ether oxygens (including phenoxy) is 2. The first kappa shape index (κ1) is 18.3. The second-order valence-electron chi connectivity index (χ2n) is 5.27. The average Bonchev–Trinajstić information content (AvgIpc) is 2.61. The number of benzene rings is 1. The summed E-state index contributed by atoms with van der Waals surface area (Å²) in [6.07, 6.45) is 0. The standard InChI is InChI=1S/C16H21FN2O5/c17-13-3-1-12(2-4-13)15(21)18-14(11-24-10-7-20)16(22)19-5-8-23-9-6-19/h1-4,14,20H,5-11H2,(H,18,21). The summed E-state index contributed by atoms with van der Waals surface area (Å²) in [7, 11) is 0. The first-order valence-corrected chi connectivity index (χ1v) is 7.73. The van der Waals surface area contributed by atoms with Gasteiger partial charge in [-0.2, -0.15) is 0 Å². The Morgan fingerprint density at radius 3 is 2.58 bits per heavy atom. The van der Waals surface area contributed by atoms with E-state index in [9.17, 15) is 14.0 Å². The molecule has 2 rings (SSSR count). The maximum atomic E-state index is 12.9. The molecule has 2 N–H and O–H groups in total. The molecule has 0 spiro atoms. The van der Waals surface area contributed by atoms with Crippen molar-refractivity contribution in [2.75, 3.05) is 46.1 Å². The summed E-state index contributed by atoms with van der Waals surface area (Å²) in [6.45, 7) is 1.63. The van der Waals surface area contributed by atoms with Crippen LogP contribution in [-0.4, -0.2) is 74.0 Å². The summed E-state index contributed by atoms with van der Waals surface area (Å²) in [5.74, 6) is -1.21. The van der Waals surface area contributed by atoms with E-state index in [-0.39, 0.29) is 31.3 Å². The third-order valence-corrected chi connectivity index (χ3v) is 3.55. The summed E-state index contributed by atoms with van der Waals surface area (Å²) >= 11 is 0. The topological polar surface area (TPSA) is 88.1 Å². The van der Waals surface area contributed by atoms with Crippen molar-refractivity contribution in [3.05, 3.63) is 35.6 Å². The third kappa shape index (κ3) is 5.26. The molecule has 0 aliphatic carbocycles. The number of nitrogens with zero attached hydrogens (tertiary/aromatic N) is 1. The molecular weight excluding hydrogens is 319 g/mol. The molecule has 132 valence electrons. The van der Waals surface area contributed by atoms with Crippen molar-refractivity contribution < 1.29 is 28.6 Å². The Bertz CT molecular complexity index is 546. The molecule has 1 aromatic carbocycles. The van der Waals surface area contributed by atoms with Gasteiger partial charge < -0.3 is 24.8 Å². The Labute approximate surface area is 139 Å². The number of rotatable bonds is 7. The van der Waals surface area contributed by atoms with Crippen molar-refractivity contribution >= 4 is 11.8 Å². The van der Waals surface area contributed by atoms with Gasteiger partial charge in [-0.3, -0.25) is 9.59 Å². The van der Waals surface area contributed by atoms with Crippen LogP contribution in [0.5, 0.6) is 0 Å². The smallest absolute Gasteiger partial charge is 0.251 e. The number of hydrogen-bond donors (Lipinski definition) is 2. The highest BCUT2D eigenvalue weighted by atomic mass is 19.1. The lowest BCUT2D eigenvalue weighted by Crippen LogP contribution is -2.53. The van der Waals surface area contributed by atoms with Crippen LogP contribution in [-0.2, 0) is 14.3 Å². The summed E-state index contributed by atoms with van der Waals surface area (Å²) in [5.41, 5.74) is 0.248. The van der Waals surface area contributed by atoms with Crippen LogP contribution in [0.1, 0.15) is 10.4 Å². The van der Waals surface area contributed by atoms with E-state index in [0.717, 1.165) is 0 Å². The predicted octanol–water partition coefficient (Wildman–Crippen LogP) is -0.208. The minimum Gasteiger partial charge on any atom is -0.394 e. The lowest BCUT2D eigenvalue weighted by Gasteiger charge is -2.30. The van der Waals surface area contributed by atoms with Gasteiger partial charge in [-0.25, -0.2) is 4.39 Å². The van der Waals surface area contributed by atoms with Crippen LogP contribution in [0.25, 0.3) is 0 Å². The number of amides is 2. The molecule has 0 bridgehead atoms. The molecule has 1 aliphatic heterocycles. The number of hydrogen-bond acceptors (Lipinski definition) is 5. The second-order valence-corrected chi connectivity index (χ2v) is 5.27. The zero-order valence-electron chi connectivity index (χ0n) is 13.2. The van der Waals surface area contributed by atoms with Crippen LogP contribution >= 0.6 is 0 Å². The fourth-order valence-electron chi connectivity index (χ4n) is 2.29. The molecule has 7 nitrogen and oxygen atoms in total. The maximum Gasteiger partial charge on any atom is 0.251 e. The minimum atomic E-state index is -0.882. The summed E-state index contributed by atoms with van der Waals surface area (Å²) < 4.78 is 23.4. The first-order valence-electron chi connectivity index (χ1n) is 7.73. The molecule has 0 aromatic heterocycles. The van der Waals surface area contributed by atoms with Crippen molar-refractivity contribution in [1.29, 1.82) is 0 Å². The van der Waals surface area contributed by atoms with E-state index >= 15 is 0 Å². The molecular formula is C16H21FN2O5. The monoisotopic (exact) mass is 340 g/mol. The summed E-state index contributed by atoms with van der Waals surface area (Å²) in [6, 6.07) is 4.16. The van der Waals surface area contributed by atoms with E-state index < -0.39 is 17.8 Å². The molecule has 1 unspecified atom stereocenters. The Morgan fingerprint density at radius 2 is 1.96 bits per heavy atom. The largest absolute Gasteiger partial charge is 0.394 e. The molecule has 2 amide bonds. The van der Waals surface area contributed by atoms with Crippen LogP contribution in [0.4, 0.5) is 4.39 Å². The molecule has 0 radical (unpaired) electrons. The van der Waals surface area contributed by atoms with Crippen LogP contribution in [0.3, 0.4) is 0 Å². The van der Waals surface area contributed by atoms with Gasteiger partial charge in [0.05, 0.1) is 33.0 Å². The normalized spacial score (nSPS) is 15.8. The molecule has 1 saturated heterocycles. The van der Waals surface area contributed by atoms with Crippen LogP contribution in [0.15, 0.2) is 24.3 Å². The molecule has 8 heteroatoms. The van der Waals surface area contributed by atoms with Gasteiger partial charge >= 0.3 is 0 Å². The van der Waals surface area contributed by atoms with Crippen LogP contribution < -0.4 is 5.32 Å². The van der Waals surface area contributed by atoms with Gasteiger partial charge in [-0.05, 0) is 24.3 Å². The number of halogens is 1. The van der Waals surface area contributed by atoms with Crippen molar-refractivity contribution in [2.45, 2.75) is 6.04 Å². The molecule has 1 fully saturated rings. The van der Waals surface area contributed by atoms with Crippen molar-refractivity contribution in [2.24, 2.45) is 0 Å². The van der Waals surface area contributed by atoms with E-state index in [2.05, 4.69) is 5.32 Å². The van der Waals surface area contributed by atoms with Gasteiger partial charge in [0.1, 0.15) is 11.9 Å². The SMILES string of the molecule is O=C(NC(COCCO)C(=O)N1CCOCC1)c1ccc(F)cc1.